The van der Waals surface area contributed by atoms with E-state index in [0.717, 1.165) is 19.4 Å². The Labute approximate surface area is 100 Å². The molecule has 96 valence electrons. The average Bonchev–Trinajstić information content (AvgIpc) is 2.67. The lowest BCUT2D eigenvalue weighted by atomic mass is 10.2. The lowest BCUT2D eigenvalue weighted by Gasteiger charge is -2.34. The van der Waals surface area contributed by atoms with Gasteiger partial charge in [-0.15, -0.1) is 0 Å². The van der Waals surface area contributed by atoms with Crippen molar-refractivity contribution in [1.82, 2.24) is 9.80 Å². The molecule has 0 aromatic carbocycles. The first-order valence-corrected chi connectivity index (χ1v) is 5.90. The highest BCUT2D eigenvalue weighted by molar-refractivity contribution is 5.81. The molecule has 0 aliphatic carbocycles. The van der Waals surface area contributed by atoms with Crippen molar-refractivity contribution in [3.63, 3.8) is 0 Å². The molecule has 17 heavy (non-hydrogen) atoms. The molecule has 2 fully saturated rings. The molecule has 2 aliphatic rings. The maximum Gasteiger partial charge on any atom is 0.334 e. The van der Waals surface area contributed by atoms with E-state index in [1.54, 1.807) is 4.90 Å². The van der Waals surface area contributed by atoms with Gasteiger partial charge < -0.3 is 19.6 Å². The van der Waals surface area contributed by atoms with Gasteiger partial charge in [0.25, 0.3) is 0 Å². The molecule has 6 heteroatoms. The summed E-state index contributed by atoms with van der Waals surface area (Å²) in [6.45, 7) is 1.71. The van der Waals surface area contributed by atoms with Crippen molar-refractivity contribution in [3.05, 3.63) is 0 Å². The summed E-state index contributed by atoms with van der Waals surface area (Å²) >= 11 is 0. The molecule has 1 amide bonds. The molecule has 2 aliphatic heterocycles. The predicted molar refractivity (Wildman–Crippen MR) is 59.6 cm³/mol. The van der Waals surface area contributed by atoms with Crippen molar-refractivity contribution in [2.24, 2.45) is 0 Å². The predicted octanol–water partition coefficient (Wildman–Crippen LogP) is -0.607. The van der Waals surface area contributed by atoms with Gasteiger partial charge in [-0.05, 0) is 26.4 Å². The number of likely N-dealkylation sites (tertiary alicyclic amines) is 1. The number of amides is 1. The molecule has 6 nitrogen and oxygen atoms in total. The van der Waals surface area contributed by atoms with Crippen molar-refractivity contribution < 1.29 is 19.4 Å². The molecule has 2 saturated heterocycles. The minimum atomic E-state index is -0.998. The zero-order valence-electron chi connectivity index (χ0n) is 9.96. The lowest BCUT2D eigenvalue weighted by Crippen LogP contribution is -2.52. The van der Waals surface area contributed by atoms with E-state index in [1.807, 2.05) is 7.05 Å². The highest BCUT2D eigenvalue weighted by Crippen LogP contribution is 2.17. The van der Waals surface area contributed by atoms with Gasteiger partial charge in [0.15, 0.2) is 6.10 Å². The fraction of sp³-hybridized carbons (Fsp3) is 0.818. The van der Waals surface area contributed by atoms with Gasteiger partial charge in [0.05, 0.1) is 6.54 Å². The average molecular weight is 242 g/mol. The summed E-state index contributed by atoms with van der Waals surface area (Å²) in [5, 5.41) is 8.88. The molecule has 0 saturated carbocycles. The first kappa shape index (κ1) is 12.3. The van der Waals surface area contributed by atoms with E-state index >= 15 is 0 Å². The highest BCUT2D eigenvalue weighted by atomic mass is 16.5. The maximum absolute atomic E-state index is 11.6. The zero-order valence-corrected chi connectivity index (χ0v) is 9.96. The van der Waals surface area contributed by atoms with Crippen LogP contribution in [0.15, 0.2) is 0 Å². The van der Waals surface area contributed by atoms with Gasteiger partial charge in [-0.25, -0.2) is 4.79 Å². The van der Waals surface area contributed by atoms with Crippen LogP contribution in [0.3, 0.4) is 0 Å². The van der Waals surface area contributed by atoms with Crippen LogP contribution in [-0.4, -0.2) is 72.2 Å². The Morgan fingerprint density at radius 2 is 2.35 bits per heavy atom. The van der Waals surface area contributed by atoms with Gasteiger partial charge in [0.1, 0.15) is 6.61 Å². The lowest BCUT2D eigenvalue weighted by molar-refractivity contribution is -0.165. The third-order valence-corrected chi connectivity index (χ3v) is 3.52. The van der Waals surface area contributed by atoms with Crippen LogP contribution in [0.5, 0.6) is 0 Å². The van der Waals surface area contributed by atoms with Crippen LogP contribution in [-0.2, 0) is 14.3 Å². The summed E-state index contributed by atoms with van der Waals surface area (Å²) in [7, 11) is 2.04. The number of carboxylic acid groups (broad SMARTS) is 1. The molecular weight excluding hydrogens is 224 g/mol. The first-order chi connectivity index (χ1) is 8.08. The molecule has 0 radical (unpaired) electrons. The standard InChI is InChI=1S/C11H18N2O4/c1-12-4-2-3-8(12)5-13-6-9(11(15)16)17-7-10(13)14/h8-9H,2-7H2,1H3,(H,15,16). The maximum atomic E-state index is 11.6. The SMILES string of the molecule is CN1CCCC1CN1CC(C(=O)O)OCC1=O. The Morgan fingerprint density at radius 1 is 1.59 bits per heavy atom. The largest absolute Gasteiger partial charge is 0.479 e. The number of rotatable bonds is 3. The van der Waals surface area contributed by atoms with Crippen molar-refractivity contribution >= 4 is 11.9 Å². The van der Waals surface area contributed by atoms with E-state index in [-0.39, 0.29) is 19.1 Å². The summed E-state index contributed by atoms with van der Waals surface area (Å²) in [6.07, 6.45) is 1.33. The minimum Gasteiger partial charge on any atom is -0.479 e. The van der Waals surface area contributed by atoms with Gasteiger partial charge >= 0.3 is 5.97 Å². The molecule has 2 rings (SSSR count). The molecule has 0 bridgehead atoms. The number of aliphatic carboxylic acids is 1. The third kappa shape index (κ3) is 2.76. The van der Waals surface area contributed by atoms with E-state index in [1.165, 1.54) is 0 Å². The Bertz CT molecular complexity index is 321. The van der Waals surface area contributed by atoms with Crippen LogP contribution in [0.25, 0.3) is 0 Å². The molecule has 2 heterocycles. The Hall–Kier alpha value is -1.14. The summed E-state index contributed by atoms with van der Waals surface area (Å²) in [5.74, 6) is -1.11. The van der Waals surface area contributed by atoms with E-state index in [2.05, 4.69) is 4.90 Å². The zero-order chi connectivity index (χ0) is 12.4. The molecule has 2 atom stereocenters. The Balaban J connectivity index is 1.93. The number of likely N-dealkylation sites (N-methyl/N-ethyl adjacent to an activating group) is 1. The second-order valence-electron chi connectivity index (χ2n) is 4.71. The smallest absolute Gasteiger partial charge is 0.334 e. The normalized spacial score (nSPS) is 30.9. The fourth-order valence-electron chi connectivity index (χ4n) is 2.41. The van der Waals surface area contributed by atoms with E-state index in [9.17, 15) is 9.59 Å². The van der Waals surface area contributed by atoms with Gasteiger partial charge in [-0.2, -0.15) is 0 Å². The number of nitrogens with zero attached hydrogens (tertiary/aromatic N) is 2. The van der Waals surface area contributed by atoms with E-state index in [4.69, 9.17) is 9.84 Å². The van der Waals surface area contributed by atoms with Gasteiger partial charge in [-0.1, -0.05) is 0 Å². The molecule has 0 spiro atoms. The highest BCUT2D eigenvalue weighted by Gasteiger charge is 2.33. The molecule has 2 unspecified atom stereocenters. The number of hydrogen-bond donors (Lipinski definition) is 1. The summed E-state index contributed by atoms with van der Waals surface area (Å²) in [4.78, 5) is 26.3. The number of carbonyl (C=O) groups is 2. The Morgan fingerprint density at radius 3 is 2.94 bits per heavy atom. The van der Waals surface area contributed by atoms with Gasteiger partial charge in [0.2, 0.25) is 5.91 Å². The molecular formula is C11H18N2O4. The summed E-state index contributed by atoms with van der Waals surface area (Å²) in [5.41, 5.74) is 0. The number of carbonyl (C=O) groups excluding carboxylic acids is 1. The van der Waals surface area contributed by atoms with E-state index in [0.29, 0.717) is 12.6 Å². The summed E-state index contributed by atoms with van der Waals surface area (Å²) < 4.78 is 4.97. The quantitative estimate of drug-likeness (QED) is 0.715. The second-order valence-corrected chi connectivity index (χ2v) is 4.71. The first-order valence-electron chi connectivity index (χ1n) is 5.90. The van der Waals surface area contributed by atoms with Crippen molar-refractivity contribution in [1.29, 1.82) is 0 Å². The van der Waals surface area contributed by atoms with Crippen LogP contribution in [0.4, 0.5) is 0 Å². The van der Waals surface area contributed by atoms with E-state index < -0.39 is 12.1 Å². The van der Waals surface area contributed by atoms with Gasteiger partial charge in [0, 0.05) is 12.6 Å². The Kier molecular flexibility index (Phi) is 3.63. The van der Waals surface area contributed by atoms with Crippen LogP contribution in [0.1, 0.15) is 12.8 Å². The van der Waals surface area contributed by atoms with Crippen LogP contribution >= 0.6 is 0 Å². The topological polar surface area (TPSA) is 70.1 Å². The number of hydrogen-bond acceptors (Lipinski definition) is 4. The van der Waals surface area contributed by atoms with Crippen LogP contribution < -0.4 is 0 Å². The number of carboxylic acids is 1. The van der Waals surface area contributed by atoms with Crippen molar-refractivity contribution in [2.45, 2.75) is 25.0 Å². The molecule has 0 aromatic rings. The molecule has 1 N–H and O–H groups in total. The monoisotopic (exact) mass is 242 g/mol. The molecule has 0 aromatic heterocycles. The summed E-state index contributed by atoms with van der Waals surface area (Å²) in [6, 6.07) is 0.353. The third-order valence-electron chi connectivity index (χ3n) is 3.52. The van der Waals surface area contributed by atoms with Crippen molar-refractivity contribution in [2.75, 3.05) is 33.3 Å². The van der Waals surface area contributed by atoms with Crippen LogP contribution in [0, 0.1) is 0 Å². The second kappa shape index (κ2) is 5.01. The number of ether oxygens (including phenoxy) is 1. The van der Waals surface area contributed by atoms with Crippen molar-refractivity contribution in [3.8, 4) is 0 Å². The van der Waals surface area contributed by atoms with Gasteiger partial charge in [-0.3, -0.25) is 4.79 Å². The van der Waals surface area contributed by atoms with Crippen LogP contribution in [0.2, 0.25) is 0 Å². The fourth-order valence-corrected chi connectivity index (χ4v) is 2.41. The number of morpholine rings is 1. The minimum absolute atomic E-state index is 0.109.